The molecule has 0 aliphatic heterocycles. The maximum absolute atomic E-state index is 12.8. The monoisotopic (exact) mass is 430 g/mol. The van der Waals surface area contributed by atoms with Crippen molar-refractivity contribution < 1.29 is 31.9 Å². The molecule has 1 aromatic heterocycles. The first kappa shape index (κ1) is 21.1. The Morgan fingerprint density at radius 3 is 2.23 bits per heavy atom. The molecule has 3 rings (SSSR count). The molecule has 9 nitrogen and oxygen atoms in total. The Kier molecular flexibility index (Phi) is 6.19. The number of esters is 1. The van der Waals surface area contributed by atoms with Crippen LogP contribution in [0.5, 0.6) is 5.75 Å². The number of methoxy groups -OCH3 is 1. The van der Waals surface area contributed by atoms with Crippen LogP contribution in [0.1, 0.15) is 22.2 Å². The molecule has 1 amide bonds. The first-order chi connectivity index (χ1) is 14.3. The molecular formula is C20H18N2O7S. The summed E-state index contributed by atoms with van der Waals surface area (Å²) in [6, 6.07) is 17.1. The summed E-state index contributed by atoms with van der Waals surface area (Å²) in [6.07, 6.45) is -1.32. The van der Waals surface area contributed by atoms with Gasteiger partial charge in [-0.1, -0.05) is 30.3 Å². The molecule has 10 heteroatoms. The standard InChI is InChI=1S/C20H18N2O7S/c1-27-15-9-7-14(8-10-15)22-19(23)18(13-5-3-2-4-6-13)29-20(24)16-11-12-17(28-16)30(21,25)26/h2-12,18H,1H3,(H,22,23)(H2,21,25,26). The second kappa shape index (κ2) is 8.80. The number of primary sulfonamides is 1. The Morgan fingerprint density at radius 1 is 1.00 bits per heavy atom. The first-order valence-electron chi connectivity index (χ1n) is 8.61. The van der Waals surface area contributed by atoms with E-state index in [0.717, 1.165) is 12.1 Å². The van der Waals surface area contributed by atoms with Crippen molar-refractivity contribution in [2.45, 2.75) is 11.2 Å². The average molecular weight is 430 g/mol. The molecule has 0 saturated carbocycles. The van der Waals surface area contributed by atoms with E-state index >= 15 is 0 Å². The number of ether oxygens (including phenoxy) is 2. The van der Waals surface area contributed by atoms with E-state index in [4.69, 9.17) is 19.0 Å². The molecule has 3 N–H and O–H groups in total. The molecule has 0 aliphatic rings. The lowest BCUT2D eigenvalue weighted by molar-refractivity contribution is -0.125. The fraction of sp³-hybridized carbons (Fsp3) is 0.100. The third-order valence-corrected chi connectivity index (χ3v) is 4.77. The summed E-state index contributed by atoms with van der Waals surface area (Å²) in [6.45, 7) is 0. The van der Waals surface area contributed by atoms with E-state index in [-0.39, 0.29) is 0 Å². The van der Waals surface area contributed by atoms with Gasteiger partial charge >= 0.3 is 5.97 Å². The van der Waals surface area contributed by atoms with E-state index < -0.39 is 38.9 Å². The zero-order valence-electron chi connectivity index (χ0n) is 15.8. The van der Waals surface area contributed by atoms with Crippen LogP contribution in [-0.2, 0) is 19.6 Å². The topological polar surface area (TPSA) is 138 Å². The number of carbonyl (C=O) groups is 2. The number of nitrogens with one attached hydrogen (secondary N) is 1. The molecule has 1 heterocycles. The number of hydrogen-bond acceptors (Lipinski definition) is 7. The number of sulfonamides is 1. The highest BCUT2D eigenvalue weighted by Crippen LogP contribution is 2.24. The van der Waals surface area contributed by atoms with Crippen LogP contribution in [0.2, 0.25) is 0 Å². The predicted molar refractivity (Wildman–Crippen MR) is 106 cm³/mol. The second-order valence-corrected chi connectivity index (χ2v) is 7.57. The Balaban J connectivity index is 1.82. The molecule has 2 aromatic carbocycles. The summed E-state index contributed by atoms with van der Waals surface area (Å²) in [4.78, 5) is 25.3. The fourth-order valence-electron chi connectivity index (χ4n) is 2.53. The number of hydrogen-bond donors (Lipinski definition) is 2. The van der Waals surface area contributed by atoms with Gasteiger partial charge in [0.15, 0.2) is 0 Å². The highest BCUT2D eigenvalue weighted by atomic mass is 32.2. The molecule has 156 valence electrons. The molecule has 30 heavy (non-hydrogen) atoms. The molecule has 0 bridgehead atoms. The van der Waals surface area contributed by atoms with Gasteiger partial charge in [0, 0.05) is 11.3 Å². The number of nitrogens with two attached hydrogens (primary N) is 1. The summed E-state index contributed by atoms with van der Waals surface area (Å²) < 4.78 is 38.0. The second-order valence-electron chi connectivity index (χ2n) is 6.08. The SMILES string of the molecule is COc1ccc(NC(=O)C(OC(=O)c2ccc(S(N)(=O)=O)o2)c2ccccc2)cc1. The highest BCUT2D eigenvalue weighted by molar-refractivity contribution is 7.89. The highest BCUT2D eigenvalue weighted by Gasteiger charge is 2.28. The minimum atomic E-state index is -4.12. The van der Waals surface area contributed by atoms with E-state index in [2.05, 4.69) is 5.32 Å². The molecule has 0 aliphatic carbocycles. The van der Waals surface area contributed by atoms with Crippen molar-refractivity contribution in [3.05, 3.63) is 78.1 Å². The molecule has 1 atom stereocenters. The van der Waals surface area contributed by atoms with Crippen molar-refractivity contribution in [2.24, 2.45) is 5.14 Å². The van der Waals surface area contributed by atoms with Gasteiger partial charge in [-0.15, -0.1) is 0 Å². The lowest BCUT2D eigenvalue weighted by Gasteiger charge is -2.17. The van der Waals surface area contributed by atoms with Gasteiger partial charge < -0.3 is 19.2 Å². The van der Waals surface area contributed by atoms with Crippen LogP contribution in [0.25, 0.3) is 0 Å². The molecule has 3 aromatic rings. The van der Waals surface area contributed by atoms with Crippen LogP contribution < -0.4 is 15.2 Å². The van der Waals surface area contributed by atoms with E-state index in [1.807, 2.05) is 0 Å². The first-order valence-corrected chi connectivity index (χ1v) is 10.2. The van der Waals surface area contributed by atoms with Crippen molar-refractivity contribution in [3.8, 4) is 5.75 Å². The lowest BCUT2D eigenvalue weighted by atomic mass is 10.1. The molecule has 0 spiro atoms. The summed E-state index contributed by atoms with van der Waals surface area (Å²) in [5.74, 6) is -1.43. The van der Waals surface area contributed by atoms with Gasteiger partial charge in [0.05, 0.1) is 7.11 Å². The van der Waals surface area contributed by atoms with Gasteiger partial charge in [-0.3, -0.25) is 4.79 Å². The maximum Gasteiger partial charge on any atom is 0.375 e. The summed E-state index contributed by atoms with van der Waals surface area (Å²) >= 11 is 0. The Hall–Kier alpha value is -3.63. The van der Waals surface area contributed by atoms with E-state index in [1.165, 1.54) is 7.11 Å². The Morgan fingerprint density at radius 2 is 1.67 bits per heavy atom. The number of rotatable bonds is 7. The van der Waals surface area contributed by atoms with Crippen LogP contribution in [0, 0.1) is 0 Å². The number of carbonyl (C=O) groups excluding carboxylic acids is 2. The number of benzene rings is 2. The summed E-state index contributed by atoms with van der Waals surface area (Å²) in [5.41, 5.74) is 0.877. The van der Waals surface area contributed by atoms with Crippen molar-refractivity contribution in [1.29, 1.82) is 0 Å². The van der Waals surface area contributed by atoms with Crippen LogP contribution in [-0.4, -0.2) is 27.4 Å². The molecule has 0 saturated heterocycles. The van der Waals surface area contributed by atoms with Gasteiger partial charge in [-0.05, 0) is 36.4 Å². The van der Waals surface area contributed by atoms with Gasteiger partial charge in [-0.2, -0.15) is 0 Å². The molecule has 0 radical (unpaired) electrons. The predicted octanol–water partition coefficient (Wildman–Crippen LogP) is 2.47. The fourth-order valence-corrected chi connectivity index (χ4v) is 2.99. The Labute approximate surface area is 172 Å². The summed E-state index contributed by atoms with van der Waals surface area (Å²) in [7, 11) is -2.60. The van der Waals surface area contributed by atoms with Crippen LogP contribution >= 0.6 is 0 Å². The van der Waals surface area contributed by atoms with Crippen LogP contribution in [0.15, 0.2) is 76.2 Å². The Bertz CT molecular complexity index is 1140. The maximum atomic E-state index is 12.8. The van der Waals surface area contributed by atoms with Gasteiger partial charge in [-0.25, -0.2) is 18.4 Å². The van der Waals surface area contributed by atoms with Crippen LogP contribution in [0.3, 0.4) is 0 Å². The van der Waals surface area contributed by atoms with Crippen LogP contribution in [0.4, 0.5) is 5.69 Å². The lowest BCUT2D eigenvalue weighted by Crippen LogP contribution is -2.25. The zero-order chi connectivity index (χ0) is 21.7. The van der Waals surface area contributed by atoms with Crippen molar-refractivity contribution >= 4 is 27.6 Å². The van der Waals surface area contributed by atoms with E-state index in [9.17, 15) is 18.0 Å². The molecule has 0 fully saturated rings. The van der Waals surface area contributed by atoms with Crippen molar-refractivity contribution in [1.82, 2.24) is 0 Å². The molecule has 1 unspecified atom stereocenters. The van der Waals surface area contributed by atoms with E-state index in [1.54, 1.807) is 54.6 Å². The smallest absolute Gasteiger partial charge is 0.375 e. The minimum Gasteiger partial charge on any atom is -0.497 e. The normalized spacial score (nSPS) is 12.1. The number of anilines is 1. The van der Waals surface area contributed by atoms with Crippen molar-refractivity contribution in [2.75, 3.05) is 12.4 Å². The minimum absolute atomic E-state index is 0.405. The average Bonchev–Trinajstić information content (AvgIpc) is 3.24. The van der Waals surface area contributed by atoms with Gasteiger partial charge in [0.2, 0.25) is 17.0 Å². The third-order valence-electron chi connectivity index (χ3n) is 3.99. The quantitative estimate of drug-likeness (QED) is 0.549. The zero-order valence-corrected chi connectivity index (χ0v) is 16.6. The van der Waals surface area contributed by atoms with Gasteiger partial charge in [0.1, 0.15) is 5.75 Å². The molecular weight excluding hydrogens is 412 g/mol. The van der Waals surface area contributed by atoms with E-state index in [0.29, 0.717) is 17.0 Å². The van der Waals surface area contributed by atoms with Gasteiger partial charge in [0.25, 0.3) is 15.9 Å². The third kappa shape index (κ3) is 5.04. The van der Waals surface area contributed by atoms with Crippen molar-refractivity contribution in [3.63, 3.8) is 0 Å². The largest absolute Gasteiger partial charge is 0.497 e. The number of furan rings is 1. The number of amides is 1. The summed E-state index contributed by atoms with van der Waals surface area (Å²) in [5, 5.41) is 7.04.